The fraction of sp³-hybridized carbons (Fsp3) is 0.333. The number of aryl methyl sites for hydroxylation is 1. The SMILES string of the molecule is CCOC1=C(COc2ccc3c4c(c(=O)oc3c2)CCCC4)N(C)C(=O)N[C@H]1c1ccccc1. The first kappa shape index (κ1) is 22.1. The highest BCUT2D eigenvalue weighted by molar-refractivity contribution is 5.83. The Morgan fingerprint density at radius 3 is 2.56 bits per heavy atom. The van der Waals surface area contributed by atoms with Crippen LogP contribution < -0.4 is 15.7 Å². The maximum absolute atomic E-state index is 12.7. The Morgan fingerprint density at radius 2 is 1.79 bits per heavy atom. The predicted molar refractivity (Wildman–Crippen MR) is 129 cm³/mol. The minimum atomic E-state index is -0.399. The van der Waals surface area contributed by atoms with Crippen molar-refractivity contribution in [3.8, 4) is 5.75 Å². The Morgan fingerprint density at radius 1 is 1.03 bits per heavy atom. The average molecular weight is 461 g/mol. The zero-order chi connectivity index (χ0) is 23.7. The number of hydrogen-bond donors (Lipinski definition) is 1. The van der Waals surface area contributed by atoms with E-state index in [-0.39, 0.29) is 18.3 Å². The van der Waals surface area contributed by atoms with Gasteiger partial charge in [0.15, 0.2) is 0 Å². The highest BCUT2D eigenvalue weighted by atomic mass is 16.5. The summed E-state index contributed by atoms with van der Waals surface area (Å²) in [4.78, 5) is 26.7. The van der Waals surface area contributed by atoms with Crippen LogP contribution in [-0.4, -0.2) is 31.2 Å². The quantitative estimate of drug-likeness (QED) is 0.540. The van der Waals surface area contributed by atoms with E-state index in [0.717, 1.165) is 47.8 Å². The van der Waals surface area contributed by atoms with E-state index in [1.807, 2.05) is 49.4 Å². The second kappa shape index (κ2) is 9.25. The molecule has 176 valence electrons. The van der Waals surface area contributed by atoms with Gasteiger partial charge < -0.3 is 19.2 Å². The summed E-state index contributed by atoms with van der Waals surface area (Å²) in [5, 5.41) is 3.97. The molecule has 1 aliphatic heterocycles. The standard InChI is InChI=1S/C27H28N2O5/c1-3-32-25-22(29(2)27(31)28-24(25)17-9-5-4-6-10-17)16-33-18-13-14-20-19-11-7-8-12-21(19)26(30)34-23(20)15-18/h4-6,9-10,13-15,24H,3,7-8,11-12,16H2,1-2H3,(H,28,31)/t24-/m0/s1. The molecule has 2 amide bonds. The van der Waals surface area contributed by atoms with Crippen molar-refractivity contribution >= 4 is 17.0 Å². The van der Waals surface area contributed by atoms with Crippen molar-refractivity contribution in [2.45, 2.75) is 38.6 Å². The fourth-order valence-electron chi connectivity index (χ4n) is 4.78. The molecule has 0 radical (unpaired) electrons. The molecule has 2 heterocycles. The van der Waals surface area contributed by atoms with Crippen LogP contribution in [0.2, 0.25) is 0 Å². The zero-order valence-corrected chi connectivity index (χ0v) is 19.4. The maximum Gasteiger partial charge on any atom is 0.339 e. The molecule has 7 heteroatoms. The lowest BCUT2D eigenvalue weighted by molar-refractivity contribution is 0.149. The first-order chi connectivity index (χ1) is 16.6. The second-order valence-electron chi connectivity index (χ2n) is 8.60. The number of nitrogens with zero attached hydrogens (tertiary/aromatic N) is 1. The van der Waals surface area contributed by atoms with Gasteiger partial charge in [0, 0.05) is 24.1 Å². The van der Waals surface area contributed by atoms with Crippen molar-refractivity contribution in [2.75, 3.05) is 20.3 Å². The van der Waals surface area contributed by atoms with Crippen LogP contribution in [0.1, 0.15) is 42.5 Å². The van der Waals surface area contributed by atoms with Crippen LogP contribution >= 0.6 is 0 Å². The molecular weight excluding hydrogens is 432 g/mol. The van der Waals surface area contributed by atoms with Gasteiger partial charge in [0.25, 0.3) is 0 Å². The van der Waals surface area contributed by atoms with Gasteiger partial charge in [-0.15, -0.1) is 0 Å². The number of benzene rings is 2. The zero-order valence-electron chi connectivity index (χ0n) is 19.4. The van der Waals surface area contributed by atoms with Gasteiger partial charge in [-0.2, -0.15) is 0 Å². The first-order valence-corrected chi connectivity index (χ1v) is 11.7. The molecule has 0 saturated carbocycles. The number of amides is 2. The summed E-state index contributed by atoms with van der Waals surface area (Å²) in [6, 6.07) is 14.7. The molecule has 0 bridgehead atoms. The molecule has 1 aliphatic carbocycles. The molecule has 0 unspecified atom stereocenters. The van der Waals surface area contributed by atoms with Crippen LogP contribution in [0.4, 0.5) is 4.79 Å². The highest BCUT2D eigenvalue weighted by Crippen LogP contribution is 2.32. The molecule has 3 aromatic rings. The Labute approximate surface area is 198 Å². The number of nitrogens with one attached hydrogen (secondary N) is 1. The average Bonchev–Trinajstić information content (AvgIpc) is 2.86. The minimum absolute atomic E-state index is 0.128. The largest absolute Gasteiger partial charge is 0.494 e. The summed E-state index contributed by atoms with van der Waals surface area (Å²) >= 11 is 0. The lowest BCUT2D eigenvalue weighted by atomic mass is 9.91. The molecule has 1 N–H and O–H groups in total. The van der Waals surface area contributed by atoms with Gasteiger partial charge >= 0.3 is 11.7 Å². The minimum Gasteiger partial charge on any atom is -0.494 e. The van der Waals surface area contributed by atoms with Gasteiger partial charge in [-0.05, 0) is 55.9 Å². The topological polar surface area (TPSA) is 81.0 Å². The predicted octanol–water partition coefficient (Wildman–Crippen LogP) is 4.70. The van der Waals surface area contributed by atoms with Crippen molar-refractivity contribution in [2.24, 2.45) is 0 Å². The Bertz CT molecular complexity index is 1310. The van der Waals surface area contributed by atoms with Crippen LogP contribution in [0, 0.1) is 0 Å². The molecule has 2 aliphatic rings. The molecule has 34 heavy (non-hydrogen) atoms. The van der Waals surface area contributed by atoms with E-state index in [1.165, 1.54) is 4.90 Å². The third kappa shape index (κ3) is 4.02. The number of fused-ring (bicyclic) bond motifs is 3. The number of hydrogen-bond acceptors (Lipinski definition) is 5. The Kier molecular flexibility index (Phi) is 6.01. The van der Waals surface area contributed by atoms with E-state index in [4.69, 9.17) is 13.9 Å². The fourth-order valence-corrected chi connectivity index (χ4v) is 4.78. The number of urea groups is 1. The molecule has 1 atom stereocenters. The summed E-state index contributed by atoms with van der Waals surface area (Å²) in [7, 11) is 1.69. The number of likely N-dealkylation sites (N-methyl/N-ethyl adjacent to an activating group) is 1. The summed E-state index contributed by atoms with van der Waals surface area (Å²) < 4.78 is 17.7. The van der Waals surface area contributed by atoms with E-state index in [9.17, 15) is 9.59 Å². The van der Waals surface area contributed by atoms with Gasteiger partial charge in [0.1, 0.15) is 35.4 Å². The van der Waals surface area contributed by atoms with Crippen molar-refractivity contribution < 1.29 is 18.7 Å². The van der Waals surface area contributed by atoms with Gasteiger partial charge in [0.2, 0.25) is 0 Å². The van der Waals surface area contributed by atoms with Crippen molar-refractivity contribution in [3.63, 3.8) is 0 Å². The molecule has 5 rings (SSSR count). The van der Waals surface area contributed by atoms with Crippen LogP contribution in [-0.2, 0) is 17.6 Å². The number of rotatable bonds is 6. The molecular formula is C27H28N2O5. The van der Waals surface area contributed by atoms with E-state index in [2.05, 4.69) is 5.32 Å². The molecule has 2 aromatic carbocycles. The maximum atomic E-state index is 12.7. The number of ether oxygens (including phenoxy) is 2. The summed E-state index contributed by atoms with van der Waals surface area (Å²) in [5.41, 5.74) is 3.75. The highest BCUT2D eigenvalue weighted by Gasteiger charge is 2.33. The van der Waals surface area contributed by atoms with E-state index in [0.29, 0.717) is 29.4 Å². The van der Waals surface area contributed by atoms with E-state index < -0.39 is 6.04 Å². The second-order valence-corrected chi connectivity index (χ2v) is 8.60. The van der Waals surface area contributed by atoms with E-state index >= 15 is 0 Å². The van der Waals surface area contributed by atoms with E-state index in [1.54, 1.807) is 13.1 Å². The normalized spacial score (nSPS) is 18.0. The van der Waals surface area contributed by atoms with Crippen molar-refractivity contribution in [1.82, 2.24) is 10.2 Å². The smallest absolute Gasteiger partial charge is 0.339 e. The monoisotopic (exact) mass is 460 g/mol. The lowest BCUT2D eigenvalue weighted by Crippen LogP contribution is -2.46. The molecule has 1 aromatic heterocycles. The van der Waals surface area contributed by atoms with Crippen molar-refractivity contribution in [1.29, 1.82) is 0 Å². The van der Waals surface area contributed by atoms with Gasteiger partial charge in [-0.1, -0.05) is 30.3 Å². The molecule has 7 nitrogen and oxygen atoms in total. The summed E-state index contributed by atoms with van der Waals surface area (Å²) in [5.74, 6) is 1.21. The number of carbonyl (C=O) groups is 1. The lowest BCUT2D eigenvalue weighted by Gasteiger charge is -2.34. The van der Waals surface area contributed by atoms with Crippen LogP contribution in [0.5, 0.6) is 5.75 Å². The molecule has 0 fully saturated rings. The molecule has 0 saturated heterocycles. The third-order valence-electron chi connectivity index (χ3n) is 6.53. The summed E-state index contributed by atoms with van der Waals surface area (Å²) in [6.45, 7) is 2.50. The van der Waals surface area contributed by atoms with Gasteiger partial charge in [-0.25, -0.2) is 9.59 Å². The van der Waals surface area contributed by atoms with Gasteiger partial charge in [0.05, 0.1) is 6.61 Å². The summed E-state index contributed by atoms with van der Waals surface area (Å²) in [6.07, 6.45) is 3.77. The molecule has 0 spiro atoms. The van der Waals surface area contributed by atoms with Crippen LogP contribution in [0.25, 0.3) is 11.0 Å². The van der Waals surface area contributed by atoms with Gasteiger partial charge in [-0.3, -0.25) is 4.90 Å². The van der Waals surface area contributed by atoms with Crippen LogP contribution in [0.3, 0.4) is 0 Å². The first-order valence-electron chi connectivity index (χ1n) is 11.7. The Hall–Kier alpha value is -3.74. The third-order valence-corrected chi connectivity index (χ3v) is 6.53. The number of carbonyl (C=O) groups excluding carboxylic acids is 1. The Balaban J connectivity index is 1.47. The van der Waals surface area contributed by atoms with Crippen molar-refractivity contribution in [3.05, 3.63) is 87.1 Å². The van der Waals surface area contributed by atoms with Crippen LogP contribution in [0.15, 0.2) is 69.2 Å².